The van der Waals surface area contributed by atoms with E-state index in [1.165, 1.54) is 0 Å². The Hall–Kier alpha value is -1.29. The maximum Gasteiger partial charge on any atom is 0.200 e. The molecule has 0 N–H and O–H groups in total. The van der Waals surface area contributed by atoms with E-state index >= 15 is 0 Å². The first-order valence-corrected chi connectivity index (χ1v) is 4.55. The predicted molar refractivity (Wildman–Crippen MR) is 52.2 cm³/mol. The van der Waals surface area contributed by atoms with Crippen LogP contribution < -0.4 is 0 Å². The molecule has 0 spiro atoms. The summed E-state index contributed by atoms with van der Waals surface area (Å²) in [6, 6.07) is 0. The van der Waals surface area contributed by atoms with Crippen LogP contribution in [0.25, 0.3) is 0 Å². The minimum atomic E-state index is -0.0259. The summed E-state index contributed by atoms with van der Waals surface area (Å²) in [6.45, 7) is 2.48. The number of nitrogens with zero attached hydrogens (tertiary/aromatic N) is 2. The van der Waals surface area contributed by atoms with Crippen molar-refractivity contribution in [1.82, 2.24) is 9.97 Å². The number of methoxy groups -OCH3 is 1. The molecule has 4 nitrogen and oxygen atoms in total. The lowest BCUT2D eigenvalue weighted by atomic mass is 10.2. The Kier molecular flexibility index (Phi) is 4.19. The maximum atomic E-state index is 11.5. The minimum absolute atomic E-state index is 0.0259. The number of ether oxygens (including phenoxy) is 1. The average molecular weight is 194 g/mol. The summed E-state index contributed by atoms with van der Waals surface area (Å²) in [6.07, 6.45) is 4.45. The third kappa shape index (κ3) is 3.22. The Morgan fingerprint density at radius 2 is 2.07 bits per heavy atom. The van der Waals surface area contributed by atoms with Gasteiger partial charge >= 0.3 is 0 Å². The van der Waals surface area contributed by atoms with E-state index in [-0.39, 0.29) is 5.78 Å². The number of rotatable bonds is 5. The molecule has 0 radical (unpaired) electrons. The number of ketones is 1. The topological polar surface area (TPSA) is 52.1 Å². The van der Waals surface area contributed by atoms with Gasteiger partial charge in [0.15, 0.2) is 11.6 Å². The van der Waals surface area contributed by atoms with Crippen molar-refractivity contribution in [2.75, 3.05) is 13.7 Å². The Morgan fingerprint density at radius 1 is 1.43 bits per heavy atom. The van der Waals surface area contributed by atoms with E-state index in [0.717, 1.165) is 5.56 Å². The van der Waals surface area contributed by atoms with Gasteiger partial charge in [0.1, 0.15) is 0 Å². The Balaban J connectivity index is 2.48. The van der Waals surface area contributed by atoms with Crippen molar-refractivity contribution in [2.45, 2.75) is 19.8 Å². The van der Waals surface area contributed by atoms with E-state index < -0.39 is 0 Å². The maximum absolute atomic E-state index is 11.5. The van der Waals surface area contributed by atoms with Crippen LogP contribution in [0.15, 0.2) is 12.4 Å². The summed E-state index contributed by atoms with van der Waals surface area (Å²) in [4.78, 5) is 19.4. The van der Waals surface area contributed by atoms with E-state index in [4.69, 9.17) is 4.74 Å². The SMILES string of the molecule is COCCCC(=O)c1ncc(C)cn1. The van der Waals surface area contributed by atoms with Gasteiger partial charge in [-0.25, -0.2) is 9.97 Å². The molecule has 0 atom stereocenters. The molecule has 0 aliphatic rings. The number of Topliss-reactive ketones (excluding diaryl/α,β-unsaturated/α-hetero) is 1. The zero-order valence-electron chi connectivity index (χ0n) is 8.49. The summed E-state index contributed by atoms with van der Waals surface area (Å²) in [5.41, 5.74) is 0.957. The normalized spacial score (nSPS) is 10.1. The zero-order chi connectivity index (χ0) is 10.4. The molecule has 0 bridgehead atoms. The lowest BCUT2D eigenvalue weighted by Crippen LogP contribution is -2.06. The molecule has 0 unspecified atom stereocenters. The third-order valence-corrected chi connectivity index (χ3v) is 1.78. The lowest BCUT2D eigenvalue weighted by molar-refractivity contribution is 0.0953. The van der Waals surface area contributed by atoms with Crippen LogP contribution in [-0.4, -0.2) is 29.5 Å². The predicted octanol–water partition coefficient (Wildman–Crippen LogP) is 1.39. The largest absolute Gasteiger partial charge is 0.385 e. The minimum Gasteiger partial charge on any atom is -0.385 e. The molecule has 1 heterocycles. The van der Waals surface area contributed by atoms with Crippen LogP contribution in [0.3, 0.4) is 0 Å². The Bertz CT molecular complexity index is 295. The first-order valence-electron chi connectivity index (χ1n) is 4.55. The van der Waals surface area contributed by atoms with E-state index in [2.05, 4.69) is 9.97 Å². The van der Waals surface area contributed by atoms with Crippen LogP contribution in [0.5, 0.6) is 0 Å². The first kappa shape index (κ1) is 10.8. The molecule has 14 heavy (non-hydrogen) atoms. The quantitative estimate of drug-likeness (QED) is 0.525. The second kappa shape index (κ2) is 5.44. The summed E-state index contributed by atoms with van der Waals surface area (Å²) in [7, 11) is 1.62. The monoisotopic (exact) mass is 194 g/mol. The fourth-order valence-corrected chi connectivity index (χ4v) is 1.03. The number of aromatic nitrogens is 2. The van der Waals surface area contributed by atoms with Crippen molar-refractivity contribution in [3.63, 3.8) is 0 Å². The summed E-state index contributed by atoms with van der Waals surface area (Å²) < 4.78 is 4.85. The van der Waals surface area contributed by atoms with Gasteiger partial charge in [0.2, 0.25) is 0 Å². The first-order chi connectivity index (χ1) is 6.74. The van der Waals surface area contributed by atoms with Gasteiger partial charge in [0.05, 0.1) is 0 Å². The fourth-order valence-electron chi connectivity index (χ4n) is 1.03. The van der Waals surface area contributed by atoms with E-state index in [0.29, 0.717) is 25.3 Å². The van der Waals surface area contributed by atoms with Crippen molar-refractivity contribution in [3.8, 4) is 0 Å². The van der Waals surface area contributed by atoms with Crippen LogP contribution in [0.1, 0.15) is 29.0 Å². The van der Waals surface area contributed by atoms with Crippen molar-refractivity contribution in [1.29, 1.82) is 0 Å². The molecule has 0 fully saturated rings. The number of hydrogen-bond donors (Lipinski definition) is 0. The summed E-state index contributed by atoms with van der Waals surface area (Å²) in [5.74, 6) is 0.272. The van der Waals surface area contributed by atoms with Gasteiger partial charge < -0.3 is 4.74 Å². The molecular formula is C10H14N2O2. The standard InChI is InChI=1S/C10H14N2O2/c1-8-6-11-10(12-7-8)9(13)4-3-5-14-2/h6-7H,3-5H2,1-2H3. The fraction of sp³-hybridized carbons (Fsp3) is 0.500. The van der Waals surface area contributed by atoms with Crippen LogP contribution in [0.4, 0.5) is 0 Å². The molecule has 1 rings (SSSR count). The molecular weight excluding hydrogens is 180 g/mol. The number of carbonyl (C=O) groups excluding carboxylic acids is 1. The molecule has 0 amide bonds. The van der Waals surface area contributed by atoms with E-state index in [9.17, 15) is 4.79 Å². The lowest BCUT2D eigenvalue weighted by Gasteiger charge is -1.99. The third-order valence-electron chi connectivity index (χ3n) is 1.78. The van der Waals surface area contributed by atoms with Crippen molar-refractivity contribution in [2.24, 2.45) is 0 Å². The van der Waals surface area contributed by atoms with Gasteiger partial charge in [-0.1, -0.05) is 0 Å². The van der Waals surface area contributed by atoms with Gasteiger partial charge in [-0.05, 0) is 18.9 Å². The highest BCUT2D eigenvalue weighted by Gasteiger charge is 2.07. The summed E-state index contributed by atoms with van der Waals surface area (Å²) in [5, 5.41) is 0. The van der Waals surface area contributed by atoms with E-state index in [1.54, 1.807) is 19.5 Å². The Morgan fingerprint density at radius 3 is 2.64 bits per heavy atom. The highest BCUT2D eigenvalue weighted by molar-refractivity contribution is 5.92. The van der Waals surface area contributed by atoms with Crippen molar-refractivity contribution in [3.05, 3.63) is 23.8 Å². The van der Waals surface area contributed by atoms with Crippen LogP contribution in [0.2, 0.25) is 0 Å². The smallest absolute Gasteiger partial charge is 0.200 e. The van der Waals surface area contributed by atoms with Gasteiger partial charge in [-0.15, -0.1) is 0 Å². The number of hydrogen-bond acceptors (Lipinski definition) is 4. The molecule has 0 aliphatic carbocycles. The van der Waals surface area contributed by atoms with Gasteiger partial charge in [0, 0.05) is 32.5 Å². The number of aryl methyl sites for hydroxylation is 1. The molecule has 0 aromatic carbocycles. The Labute approximate surface area is 83.3 Å². The second-order valence-corrected chi connectivity index (χ2v) is 3.10. The van der Waals surface area contributed by atoms with Crippen LogP contribution >= 0.6 is 0 Å². The van der Waals surface area contributed by atoms with Gasteiger partial charge in [0.25, 0.3) is 0 Å². The van der Waals surface area contributed by atoms with Crippen LogP contribution in [-0.2, 0) is 4.74 Å². The van der Waals surface area contributed by atoms with Gasteiger partial charge in [-0.2, -0.15) is 0 Å². The molecule has 76 valence electrons. The molecule has 0 saturated heterocycles. The molecule has 1 aromatic heterocycles. The highest BCUT2D eigenvalue weighted by atomic mass is 16.5. The number of carbonyl (C=O) groups is 1. The van der Waals surface area contributed by atoms with Gasteiger partial charge in [-0.3, -0.25) is 4.79 Å². The zero-order valence-corrected chi connectivity index (χ0v) is 8.49. The van der Waals surface area contributed by atoms with Crippen molar-refractivity contribution < 1.29 is 9.53 Å². The van der Waals surface area contributed by atoms with Crippen LogP contribution in [0, 0.1) is 6.92 Å². The second-order valence-electron chi connectivity index (χ2n) is 3.10. The highest BCUT2D eigenvalue weighted by Crippen LogP contribution is 2.00. The molecule has 1 aromatic rings. The molecule has 0 saturated carbocycles. The average Bonchev–Trinajstić information content (AvgIpc) is 2.19. The van der Waals surface area contributed by atoms with Crippen molar-refractivity contribution >= 4 is 5.78 Å². The summed E-state index contributed by atoms with van der Waals surface area (Å²) >= 11 is 0. The van der Waals surface area contributed by atoms with E-state index in [1.807, 2.05) is 6.92 Å². The molecule has 0 aliphatic heterocycles. The molecule has 4 heteroatoms.